The highest BCUT2D eigenvalue weighted by molar-refractivity contribution is 5.99. The second-order valence-corrected chi connectivity index (χ2v) is 7.27. The van der Waals surface area contributed by atoms with Gasteiger partial charge in [-0.25, -0.2) is 9.59 Å². The van der Waals surface area contributed by atoms with Crippen LogP contribution < -0.4 is 0 Å². The summed E-state index contributed by atoms with van der Waals surface area (Å²) in [5.41, 5.74) is 1.49. The highest BCUT2D eigenvalue weighted by atomic mass is 16.5. The monoisotopic (exact) mass is 378 g/mol. The number of carbonyl (C=O) groups is 3. The SMILES string of the molecule is CCOC(=O)c1[nH]c(C)c(C(=O)O[C@@H](C)C(=O)N2[C@H](C)CCC[C@@H]2C)c1C. The first-order valence-electron chi connectivity index (χ1n) is 9.58. The molecule has 2 rings (SSSR count). The zero-order valence-corrected chi connectivity index (χ0v) is 17.0. The molecule has 1 aromatic heterocycles. The second-order valence-electron chi connectivity index (χ2n) is 7.27. The van der Waals surface area contributed by atoms with Gasteiger partial charge in [-0.15, -0.1) is 0 Å². The fourth-order valence-electron chi connectivity index (χ4n) is 3.80. The molecule has 150 valence electrons. The highest BCUT2D eigenvalue weighted by Crippen LogP contribution is 2.25. The standard InChI is InChI=1S/C20H30N2O5/c1-7-26-20(25)17-13(4)16(14(5)21-17)19(24)27-15(6)18(23)22-11(2)9-8-10-12(22)3/h11-12,15,21H,7-10H2,1-6H3/t11-,12+,15-/m0/s1. The van der Waals surface area contributed by atoms with Gasteiger partial charge >= 0.3 is 11.9 Å². The summed E-state index contributed by atoms with van der Waals surface area (Å²) in [4.78, 5) is 42.2. The molecule has 7 heteroatoms. The third-order valence-corrected chi connectivity index (χ3v) is 5.20. The van der Waals surface area contributed by atoms with Crippen LogP contribution in [0.5, 0.6) is 0 Å². The number of likely N-dealkylation sites (tertiary alicyclic amines) is 1. The van der Waals surface area contributed by atoms with Crippen molar-refractivity contribution < 1.29 is 23.9 Å². The van der Waals surface area contributed by atoms with E-state index in [9.17, 15) is 14.4 Å². The van der Waals surface area contributed by atoms with Crippen LogP contribution in [0.4, 0.5) is 0 Å². The maximum absolute atomic E-state index is 12.8. The molecule has 0 saturated carbocycles. The summed E-state index contributed by atoms with van der Waals surface area (Å²) < 4.78 is 10.5. The first kappa shape index (κ1) is 21.0. The van der Waals surface area contributed by atoms with Crippen LogP contribution in [-0.2, 0) is 14.3 Å². The van der Waals surface area contributed by atoms with Gasteiger partial charge in [-0.3, -0.25) is 4.79 Å². The Bertz CT molecular complexity index is 714. The van der Waals surface area contributed by atoms with Gasteiger partial charge in [-0.1, -0.05) is 0 Å². The molecule has 1 aromatic rings. The summed E-state index contributed by atoms with van der Waals surface area (Å²) >= 11 is 0. The molecule has 1 N–H and O–H groups in total. The first-order valence-corrected chi connectivity index (χ1v) is 9.58. The maximum Gasteiger partial charge on any atom is 0.355 e. The molecule has 1 aliphatic rings. The van der Waals surface area contributed by atoms with Crippen molar-refractivity contribution in [1.82, 2.24) is 9.88 Å². The van der Waals surface area contributed by atoms with E-state index < -0.39 is 18.0 Å². The molecular weight excluding hydrogens is 348 g/mol. The fourth-order valence-corrected chi connectivity index (χ4v) is 3.80. The Morgan fingerprint density at radius 1 is 1.15 bits per heavy atom. The van der Waals surface area contributed by atoms with E-state index in [4.69, 9.17) is 9.47 Å². The Kier molecular flexibility index (Phi) is 6.68. The largest absolute Gasteiger partial charge is 0.461 e. The second kappa shape index (κ2) is 8.59. The Morgan fingerprint density at radius 3 is 2.30 bits per heavy atom. The maximum atomic E-state index is 12.8. The Balaban J connectivity index is 2.15. The van der Waals surface area contributed by atoms with Crippen LogP contribution in [0, 0.1) is 13.8 Å². The van der Waals surface area contributed by atoms with Gasteiger partial charge < -0.3 is 19.4 Å². The molecule has 1 fully saturated rings. The Labute approximate surface area is 160 Å². The summed E-state index contributed by atoms with van der Waals surface area (Å²) in [6.07, 6.45) is 2.12. The van der Waals surface area contributed by atoms with Crippen molar-refractivity contribution in [3.63, 3.8) is 0 Å². The number of H-pyrrole nitrogens is 1. The number of aromatic nitrogens is 1. The molecular formula is C20H30N2O5. The molecule has 1 saturated heterocycles. The van der Waals surface area contributed by atoms with E-state index in [-0.39, 0.29) is 35.9 Å². The highest BCUT2D eigenvalue weighted by Gasteiger charge is 2.34. The predicted octanol–water partition coefficient (Wildman–Crippen LogP) is 3.14. The lowest BCUT2D eigenvalue weighted by molar-refractivity contribution is -0.146. The normalized spacial score (nSPS) is 20.9. The van der Waals surface area contributed by atoms with Crippen LogP contribution in [0.2, 0.25) is 0 Å². The smallest absolute Gasteiger partial charge is 0.355 e. The van der Waals surface area contributed by atoms with E-state index in [2.05, 4.69) is 4.98 Å². The number of piperidine rings is 1. The van der Waals surface area contributed by atoms with E-state index in [0.29, 0.717) is 11.3 Å². The molecule has 3 atom stereocenters. The lowest BCUT2D eigenvalue weighted by Gasteiger charge is -2.40. The van der Waals surface area contributed by atoms with Gasteiger partial charge in [-0.2, -0.15) is 0 Å². The molecule has 1 aliphatic heterocycles. The number of esters is 2. The van der Waals surface area contributed by atoms with Gasteiger partial charge in [0.2, 0.25) is 0 Å². The topological polar surface area (TPSA) is 88.7 Å². The number of rotatable bonds is 5. The van der Waals surface area contributed by atoms with E-state index in [1.807, 2.05) is 18.7 Å². The number of nitrogens with one attached hydrogen (secondary N) is 1. The van der Waals surface area contributed by atoms with Gasteiger partial charge in [0, 0.05) is 17.8 Å². The van der Waals surface area contributed by atoms with Crippen molar-refractivity contribution in [1.29, 1.82) is 0 Å². The number of aryl methyl sites for hydroxylation is 1. The molecule has 0 aromatic carbocycles. The molecule has 0 bridgehead atoms. The van der Waals surface area contributed by atoms with Gasteiger partial charge in [0.15, 0.2) is 6.10 Å². The third-order valence-electron chi connectivity index (χ3n) is 5.20. The van der Waals surface area contributed by atoms with Gasteiger partial charge in [0.25, 0.3) is 5.91 Å². The van der Waals surface area contributed by atoms with Crippen molar-refractivity contribution in [3.8, 4) is 0 Å². The first-order chi connectivity index (χ1) is 12.7. The quantitative estimate of drug-likeness (QED) is 0.795. The van der Waals surface area contributed by atoms with Crippen LogP contribution >= 0.6 is 0 Å². The van der Waals surface area contributed by atoms with Crippen LogP contribution in [0.3, 0.4) is 0 Å². The molecule has 7 nitrogen and oxygen atoms in total. The minimum atomic E-state index is -0.889. The van der Waals surface area contributed by atoms with Crippen LogP contribution in [-0.4, -0.2) is 52.5 Å². The minimum Gasteiger partial charge on any atom is -0.461 e. The predicted molar refractivity (Wildman–Crippen MR) is 101 cm³/mol. The lowest BCUT2D eigenvalue weighted by atomic mass is 9.97. The number of carbonyl (C=O) groups excluding carboxylic acids is 3. The van der Waals surface area contributed by atoms with Crippen LogP contribution in [0.25, 0.3) is 0 Å². The molecule has 0 aliphatic carbocycles. The minimum absolute atomic E-state index is 0.133. The molecule has 0 spiro atoms. The molecule has 0 radical (unpaired) electrons. The van der Waals surface area contributed by atoms with E-state index in [1.54, 1.807) is 27.7 Å². The summed E-state index contributed by atoms with van der Waals surface area (Å²) in [7, 11) is 0. The average Bonchev–Trinajstić information content (AvgIpc) is 2.89. The summed E-state index contributed by atoms with van der Waals surface area (Å²) in [6.45, 7) is 10.9. The average molecular weight is 378 g/mol. The Hall–Kier alpha value is -2.31. The molecule has 27 heavy (non-hydrogen) atoms. The van der Waals surface area contributed by atoms with Crippen molar-refractivity contribution in [2.75, 3.05) is 6.61 Å². The summed E-state index contributed by atoms with van der Waals surface area (Å²) in [5, 5.41) is 0. The fraction of sp³-hybridized carbons (Fsp3) is 0.650. The summed E-state index contributed by atoms with van der Waals surface area (Å²) in [5.74, 6) is -1.31. The number of hydrogen-bond acceptors (Lipinski definition) is 5. The van der Waals surface area contributed by atoms with Gasteiger partial charge in [-0.05, 0) is 66.4 Å². The van der Waals surface area contributed by atoms with Gasteiger partial charge in [0.05, 0.1) is 12.2 Å². The number of ether oxygens (including phenoxy) is 2. The zero-order chi connectivity index (χ0) is 20.3. The Morgan fingerprint density at radius 2 is 1.74 bits per heavy atom. The van der Waals surface area contributed by atoms with Crippen LogP contribution in [0.1, 0.15) is 79.1 Å². The number of aromatic amines is 1. The number of amides is 1. The van der Waals surface area contributed by atoms with Crippen molar-refractivity contribution >= 4 is 17.8 Å². The number of hydrogen-bond donors (Lipinski definition) is 1. The number of nitrogens with zero attached hydrogens (tertiary/aromatic N) is 1. The van der Waals surface area contributed by atoms with Crippen molar-refractivity contribution in [3.05, 3.63) is 22.5 Å². The molecule has 1 amide bonds. The van der Waals surface area contributed by atoms with E-state index >= 15 is 0 Å². The van der Waals surface area contributed by atoms with Crippen molar-refractivity contribution in [2.24, 2.45) is 0 Å². The summed E-state index contributed by atoms with van der Waals surface area (Å²) in [6, 6.07) is 0.266. The van der Waals surface area contributed by atoms with Crippen molar-refractivity contribution in [2.45, 2.75) is 79.0 Å². The third kappa shape index (κ3) is 4.34. The van der Waals surface area contributed by atoms with E-state index in [0.717, 1.165) is 19.3 Å². The molecule has 2 heterocycles. The lowest BCUT2D eigenvalue weighted by Crippen LogP contribution is -2.51. The molecule has 0 unspecified atom stereocenters. The van der Waals surface area contributed by atoms with Gasteiger partial charge in [0.1, 0.15) is 5.69 Å². The van der Waals surface area contributed by atoms with E-state index in [1.165, 1.54) is 0 Å². The van der Waals surface area contributed by atoms with Crippen LogP contribution in [0.15, 0.2) is 0 Å². The zero-order valence-electron chi connectivity index (χ0n) is 17.0.